The minimum Gasteiger partial charge on any atom is -0.171 e. The van der Waals surface area contributed by atoms with Gasteiger partial charge in [0.15, 0.2) is 0 Å². The lowest BCUT2D eigenvalue weighted by Gasteiger charge is -2.21. The van der Waals surface area contributed by atoms with Gasteiger partial charge in [-0.3, -0.25) is 0 Å². The fraction of sp³-hybridized carbons (Fsp3) is 0.200. The highest BCUT2D eigenvalue weighted by atomic mass is 32.1. The molecule has 0 saturated carbocycles. The van der Waals surface area contributed by atoms with Crippen LogP contribution < -0.4 is 0 Å². The van der Waals surface area contributed by atoms with E-state index in [4.69, 9.17) is 12.6 Å². The summed E-state index contributed by atoms with van der Waals surface area (Å²) in [6, 6.07) is 10.6. The van der Waals surface area contributed by atoms with Gasteiger partial charge in [0.05, 0.1) is 0 Å². The SMILES string of the molecule is SC1CC(c2ccccc2)=CC2=C1CC=C2. The van der Waals surface area contributed by atoms with Gasteiger partial charge in [-0.15, -0.1) is 0 Å². The van der Waals surface area contributed by atoms with E-state index in [0.29, 0.717) is 5.25 Å². The van der Waals surface area contributed by atoms with Crippen molar-refractivity contribution in [3.8, 4) is 0 Å². The summed E-state index contributed by atoms with van der Waals surface area (Å²) in [6.45, 7) is 0. The Labute approximate surface area is 102 Å². The lowest BCUT2D eigenvalue weighted by atomic mass is 9.89. The molecule has 1 heteroatoms. The highest BCUT2D eigenvalue weighted by Crippen LogP contribution is 2.38. The van der Waals surface area contributed by atoms with Gasteiger partial charge in [0, 0.05) is 5.25 Å². The van der Waals surface area contributed by atoms with Crippen molar-refractivity contribution >= 4 is 18.2 Å². The molecule has 2 aliphatic carbocycles. The van der Waals surface area contributed by atoms with Crippen molar-refractivity contribution in [1.29, 1.82) is 0 Å². The summed E-state index contributed by atoms with van der Waals surface area (Å²) in [7, 11) is 0. The molecule has 0 radical (unpaired) electrons. The maximum Gasteiger partial charge on any atom is 0.0278 e. The Balaban J connectivity index is 2.02. The van der Waals surface area contributed by atoms with Crippen LogP contribution in [-0.4, -0.2) is 5.25 Å². The third-order valence-corrected chi connectivity index (χ3v) is 3.79. The fourth-order valence-corrected chi connectivity index (χ4v) is 2.89. The van der Waals surface area contributed by atoms with Crippen molar-refractivity contribution < 1.29 is 0 Å². The van der Waals surface area contributed by atoms with Crippen molar-refractivity contribution in [2.45, 2.75) is 18.1 Å². The van der Waals surface area contributed by atoms with Gasteiger partial charge >= 0.3 is 0 Å². The zero-order valence-corrected chi connectivity index (χ0v) is 9.95. The van der Waals surface area contributed by atoms with Crippen LogP contribution in [0.25, 0.3) is 5.57 Å². The quantitative estimate of drug-likeness (QED) is 0.687. The topological polar surface area (TPSA) is 0 Å². The molecule has 80 valence electrons. The molecule has 0 spiro atoms. The lowest BCUT2D eigenvalue weighted by molar-refractivity contribution is 0.966. The summed E-state index contributed by atoms with van der Waals surface area (Å²) in [5.41, 5.74) is 5.60. The molecule has 0 bridgehead atoms. The summed E-state index contributed by atoms with van der Waals surface area (Å²) in [4.78, 5) is 0. The smallest absolute Gasteiger partial charge is 0.0278 e. The van der Waals surface area contributed by atoms with Gasteiger partial charge in [0.25, 0.3) is 0 Å². The normalized spacial score (nSPS) is 23.3. The van der Waals surface area contributed by atoms with E-state index in [1.54, 1.807) is 0 Å². The van der Waals surface area contributed by atoms with E-state index in [1.165, 1.54) is 22.3 Å². The molecule has 1 atom stereocenters. The van der Waals surface area contributed by atoms with Crippen LogP contribution in [0.15, 0.2) is 59.7 Å². The van der Waals surface area contributed by atoms with Crippen LogP contribution in [-0.2, 0) is 0 Å². The number of benzene rings is 1. The number of hydrogen-bond acceptors (Lipinski definition) is 1. The average molecular weight is 226 g/mol. The standard InChI is InChI=1S/C15H14S/c16-15-10-13(11-5-2-1-3-6-11)9-12-7-4-8-14(12)15/h1-7,9,15-16H,8,10H2. The van der Waals surface area contributed by atoms with Crippen molar-refractivity contribution in [2.24, 2.45) is 0 Å². The molecule has 1 aromatic rings. The molecule has 3 rings (SSSR count). The van der Waals surface area contributed by atoms with Crippen LogP contribution >= 0.6 is 12.6 Å². The first-order valence-electron chi connectivity index (χ1n) is 5.68. The number of allylic oxidation sites excluding steroid dienone is 5. The average Bonchev–Trinajstić information content (AvgIpc) is 2.79. The summed E-state index contributed by atoms with van der Waals surface area (Å²) >= 11 is 4.71. The van der Waals surface area contributed by atoms with Gasteiger partial charge in [0.1, 0.15) is 0 Å². The highest BCUT2D eigenvalue weighted by molar-refractivity contribution is 7.81. The molecule has 0 saturated heterocycles. The summed E-state index contributed by atoms with van der Waals surface area (Å²) < 4.78 is 0. The van der Waals surface area contributed by atoms with E-state index in [0.717, 1.165) is 12.8 Å². The van der Waals surface area contributed by atoms with Gasteiger partial charge in [-0.2, -0.15) is 12.6 Å². The Kier molecular flexibility index (Phi) is 2.49. The Morgan fingerprint density at radius 1 is 1.12 bits per heavy atom. The van der Waals surface area contributed by atoms with E-state index in [-0.39, 0.29) is 0 Å². The van der Waals surface area contributed by atoms with E-state index >= 15 is 0 Å². The number of thiol groups is 1. The van der Waals surface area contributed by atoms with Crippen molar-refractivity contribution in [2.75, 3.05) is 0 Å². The molecule has 0 N–H and O–H groups in total. The van der Waals surface area contributed by atoms with Crippen LogP contribution in [0.4, 0.5) is 0 Å². The molecule has 2 aliphatic rings. The van der Waals surface area contributed by atoms with Crippen LogP contribution in [0.2, 0.25) is 0 Å². The van der Waals surface area contributed by atoms with Gasteiger partial charge in [-0.25, -0.2) is 0 Å². The number of rotatable bonds is 1. The summed E-state index contributed by atoms with van der Waals surface area (Å²) in [5.74, 6) is 0. The van der Waals surface area contributed by atoms with E-state index in [9.17, 15) is 0 Å². The predicted octanol–water partition coefficient (Wildman–Crippen LogP) is 4.03. The summed E-state index contributed by atoms with van der Waals surface area (Å²) in [5, 5.41) is 0.394. The Hall–Kier alpha value is -1.21. The molecule has 1 unspecified atom stereocenters. The molecule has 0 aromatic heterocycles. The van der Waals surface area contributed by atoms with E-state index < -0.39 is 0 Å². The second-order valence-corrected chi connectivity index (χ2v) is 4.97. The maximum absolute atomic E-state index is 4.71. The summed E-state index contributed by atoms with van der Waals surface area (Å²) in [6.07, 6.45) is 8.91. The third kappa shape index (κ3) is 1.65. The zero-order chi connectivity index (χ0) is 11.0. The largest absolute Gasteiger partial charge is 0.171 e. The monoisotopic (exact) mass is 226 g/mol. The van der Waals surface area contributed by atoms with Gasteiger partial charge in [-0.05, 0) is 35.1 Å². The number of hydrogen-bond donors (Lipinski definition) is 1. The molecule has 0 aliphatic heterocycles. The first-order chi connectivity index (χ1) is 7.84. The molecule has 0 amide bonds. The highest BCUT2D eigenvalue weighted by Gasteiger charge is 2.22. The first kappa shape index (κ1) is 9.98. The molecular formula is C15H14S. The van der Waals surface area contributed by atoms with Crippen LogP contribution in [0, 0.1) is 0 Å². The van der Waals surface area contributed by atoms with Crippen LogP contribution in [0.3, 0.4) is 0 Å². The molecule has 0 nitrogen and oxygen atoms in total. The minimum absolute atomic E-state index is 0.394. The maximum atomic E-state index is 4.71. The van der Waals surface area contributed by atoms with Crippen LogP contribution in [0.5, 0.6) is 0 Å². The van der Waals surface area contributed by atoms with Crippen molar-refractivity contribution in [3.63, 3.8) is 0 Å². The van der Waals surface area contributed by atoms with E-state index in [1.807, 2.05) is 0 Å². The lowest BCUT2D eigenvalue weighted by Crippen LogP contribution is -2.09. The molecule has 16 heavy (non-hydrogen) atoms. The predicted molar refractivity (Wildman–Crippen MR) is 72.6 cm³/mol. The first-order valence-corrected chi connectivity index (χ1v) is 6.20. The fourth-order valence-electron chi connectivity index (χ4n) is 2.44. The van der Waals surface area contributed by atoms with Gasteiger partial charge in [-0.1, -0.05) is 48.6 Å². The molecule has 1 aromatic carbocycles. The van der Waals surface area contributed by atoms with Crippen molar-refractivity contribution in [1.82, 2.24) is 0 Å². The van der Waals surface area contributed by atoms with Crippen molar-refractivity contribution in [3.05, 3.63) is 65.3 Å². The van der Waals surface area contributed by atoms with Gasteiger partial charge in [0.2, 0.25) is 0 Å². The second kappa shape index (κ2) is 3.99. The zero-order valence-electron chi connectivity index (χ0n) is 9.06. The minimum atomic E-state index is 0.394. The Bertz CT molecular complexity index is 491. The van der Waals surface area contributed by atoms with Crippen LogP contribution in [0.1, 0.15) is 18.4 Å². The molecule has 0 heterocycles. The molecule has 0 fully saturated rings. The van der Waals surface area contributed by atoms with E-state index in [2.05, 4.69) is 48.6 Å². The third-order valence-electron chi connectivity index (χ3n) is 3.30. The Morgan fingerprint density at radius 2 is 1.94 bits per heavy atom. The molecular weight excluding hydrogens is 212 g/mol. The Morgan fingerprint density at radius 3 is 2.75 bits per heavy atom. The second-order valence-electron chi connectivity index (χ2n) is 4.34. The van der Waals surface area contributed by atoms with Gasteiger partial charge < -0.3 is 0 Å².